The quantitative estimate of drug-likeness (QED) is 0.842. The maximum absolute atomic E-state index is 6.00. The Bertz CT molecular complexity index is 643. The van der Waals surface area contributed by atoms with E-state index in [1.807, 2.05) is 6.07 Å². The van der Waals surface area contributed by atoms with Crippen molar-refractivity contribution in [3.05, 3.63) is 59.8 Å². The molecule has 1 aromatic carbocycles. The number of likely N-dealkylation sites (tertiary alicyclic amines) is 1. The van der Waals surface area contributed by atoms with Gasteiger partial charge in [0, 0.05) is 30.9 Å². The number of nitrogens with two attached hydrogens (primary N) is 1. The highest BCUT2D eigenvalue weighted by Gasteiger charge is 2.23. The second-order valence-corrected chi connectivity index (χ2v) is 7.15. The third-order valence-electron chi connectivity index (χ3n) is 5.23. The number of hydrogen-bond donors (Lipinski definition) is 1. The number of benzene rings is 1. The van der Waals surface area contributed by atoms with Gasteiger partial charge in [-0.1, -0.05) is 36.4 Å². The first-order valence-corrected chi connectivity index (χ1v) is 9.38. The second-order valence-electron chi connectivity index (χ2n) is 7.15. The molecule has 0 unspecified atom stereocenters. The Kier molecular flexibility index (Phi) is 6.42. The molecule has 2 aromatic rings. The van der Waals surface area contributed by atoms with Crippen molar-refractivity contribution < 1.29 is 0 Å². The van der Waals surface area contributed by atoms with Gasteiger partial charge in [-0.2, -0.15) is 0 Å². The van der Waals surface area contributed by atoms with Gasteiger partial charge in [0.15, 0.2) is 0 Å². The maximum atomic E-state index is 6.00. The molecule has 4 nitrogen and oxygen atoms in total. The summed E-state index contributed by atoms with van der Waals surface area (Å²) in [5.41, 5.74) is 8.57. The summed E-state index contributed by atoms with van der Waals surface area (Å²) in [5.74, 6) is 0.657. The zero-order chi connectivity index (χ0) is 17.5. The third kappa shape index (κ3) is 5.28. The Balaban J connectivity index is 1.46. The molecule has 2 heterocycles. The topological polar surface area (TPSA) is 45.4 Å². The Morgan fingerprint density at radius 3 is 2.84 bits per heavy atom. The fourth-order valence-corrected chi connectivity index (χ4v) is 3.73. The summed E-state index contributed by atoms with van der Waals surface area (Å²) < 4.78 is 0. The van der Waals surface area contributed by atoms with Crippen molar-refractivity contribution in [2.45, 2.75) is 38.3 Å². The van der Waals surface area contributed by atoms with Crippen LogP contribution in [0.4, 0.5) is 5.82 Å². The zero-order valence-corrected chi connectivity index (χ0v) is 15.3. The Labute approximate surface area is 151 Å². The highest BCUT2D eigenvalue weighted by atomic mass is 15.2. The van der Waals surface area contributed by atoms with Crippen molar-refractivity contribution in [3.63, 3.8) is 0 Å². The van der Waals surface area contributed by atoms with Crippen molar-refractivity contribution in [2.75, 3.05) is 32.4 Å². The van der Waals surface area contributed by atoms with Gasteiger partial charge in [-0.05, 0) is 57.5 Å². The lowest BCUT2D eigenvalue weighted by Crippen LogP contribution is -2.46. The van der Waals surface area contributed by atoms with E-state index in [-0.39, 0.29) is 0 Å². The van der Waals surface area contributed by atoms with Crippen molar-refractivity contribution in [2.24, 2.45) is 0 Å². The normalized spacial score (nSPS) is 18.6. The minimum absolute atomic E-state index is 0.602. The number of piperidine rings is 1. The van der Waals surface area contributed by atoms with Crippen LogP contribution in [0.1, 0.15) is 30.4 Å². The monoisotopic (exact) mass is 338 g/mol. The molecule has 2 N–H and O–H groups in total. The third-order valence-corrected chi connectivity index (χ3v) is 5.23. The van der Waals surface area contributed by atoms with Crippen LogP contribution in [-0.2, 0) is 13.0 Å². The molecular formula is C21H30N4. The van der Waals surface area contributed by atoms with Crippen molar-refractivity contribution in [1.82, 2.24) is 14.8 Å². The van der Waals surface area contributed by atoms with Gasteiger partial charge in [0.1, 0.15) is 5.82 Å². The second kappa shape index (κ2) is 8.97. The van der Waals surface area contributed by atoms with Crippen LogP contribution in [0.3, 0.4) is 0 Å². The number of likely N-dealkylation sites (N-methyl/N-ethyl adjacent to an activating group) is 1. The van der Waals surface area contributed by atoms with Gasteiger partial charge in [-0.25, -0.2) is 4.98 Å². The number of rotatable bonds is 7. The number of aryl methyl sites for hydroxylation is 1. The Morgan fingerprint density at radius 1 is 1.20 bits per heavy atom. The number of anilines is 1. The minimum atomic E-state index is 0.602. The molecule has 25 heavy (non-hydrogen) atoms. The maximum Gasteiger partial charge on any atom is 0.127 e. The van der Waals surface area contributed by atoms with Crippen LogP contribution in [0, 0.1) is 0 Å². The molecule has 3 rings (SSSR count). The van der Waals surface area contributed by atoms with E-state index in [1.165, 1.54) is 44.3 Å². The lowest BCUT2D eigenvalue weighted by atomic mass is 10.0. The molecule has 0 saturated carbocycles. The summed E-state index contributed by atoms with van der Waals surface area (Å²) >= 11 is 0. The number of pyridine rings is 1. The van der Waals surface area contributed by atoms with Crippen molar-refractivity contribution in [1.29, 1.82) is 0 Å². The predicted octanol–water partition coefficient (Wildman–Crippen LogP) is 3.19. The molecule has 1 aromatic heterocycles. The van der Waals surface area contributed by atoms with E-state index in [1.54, 1.807) is 6.20 Å². The molecule has 1 aliphatic heterocycles. The van der Waals surface area contributed by atoms with Crippen LogP contribution in [0.15, 0.2) is 48.7 Å². The van der Waals surface area contributed by atoms with Crippen molar-refractivity contribution in [3.8, 4) is 0 Å². The molecule has 1 aliphatic rings. The fourth-order valence-electron chi connectivity index (χ4n) is 3.73. The summed E-state index contributed by atoms with van der Waals surface area (Å²) in [7, 11) is 2.21. The van der Waals surface area contributed by atoms with E-state index in [2.05, 4.69) is 58.2 Å². The standard InChI is InChI=1S/C21H30N4/c1-24(16-19-11-5-13-23-21(19)22)20-12-7-15-25(17-20)14-6-10-18-8-3-2-4-9-18/h2-5,8-9,11,13,20H,6-7,10,12,14-17H2,1H3,(H2,22,23)/t20-/m0/s1. The lowest BCUT2D eigenvalue weighted by molar-refractivity contribution is 0.111. The minimum Gasteiger partial charge on any atom is -0.383 e. The van der Waals surface area contributed by atoms with Crippen LogP contribution in [0.5, 0.6) is 0 Å². The van der Waals surface area contributed by atoms with Crippen LogP contribution in [0.2, 0.25) is 0 Å². The summed E-state index contributed by atoms with van der Waals surface area (Å²) in [6, 6.07) is 15.5. The predicted molar refractivity (Wildman–Crippen MR) is 104 cm³/mol. The number of nitrogen functional groups attached to an aromatic ring is 1. The van der Waals surface area contributed by atoms with E-state index >= 15 is 0 Å². The summed E-state index contributed by atoms with van der Waals surface area (Å²) in [5, 5.41) is 0. The summed E-state index contributed by atoms with van der Waals surface area (Å²) in [4.78, 5) is 9.27. The number of aromatic nitrogens is 1. The molecule has 134 valence electrons. The molecule has 0 bridgehead atoms. The highest BCUT2D eigenvalue weighted by Crippen LogP contribution is 2.19. The SMILES string of the molecule is CN(Cc1cccnc1N)[C@H]1CCCN(CCCc2ccccc2)C1. The smallest absolute Gasteiger partial charge is 0.127 e. The first kappa shape index (κ1) is 17.9. The van der Waals surface area contributed by atoms with Gasteiger partial charge in [-0.15, -0.1) is 0 Å². The average molecular weight is 338 g/mol. The molecule has 1 saturated heterocycles. The fraction of sp³-hybridized carbons (Fsp3) is 0.476. The molecule has 0 radical (unpaired) electrons. The molecule has 1 fully saturated rings. The van der Waals surface area contributed by atoms with Gasteiger partial charge in [0.2, 0.25) is 0 Å². The summed E-state index contributed by atoms with van der Waals surface area (Å²) in [6.07, 6.45) is 6.71. The van der Waals surface area contributed by atoms with Gasteiger partial charge < -0.3 is 10.6 Å². The van der Waals surface area contributed by atoms with E-state index < -0.39 is 0 Å². The van der Waals surface area contributed by atoms with E-state index in [9.17, 15) is 0 Å². The first-order valence-electron chi connectivity index (χ1n) is 9.38. The molecule has 0 aliphatic carbocycles. The van der Waals surface area contributed by atoms with Crippen LogP contribution in [-0.4, -0.2) is 47.5 Å². The van der Waals surface area contributed by atoms with Gasteiger partial charge in [0.05, 0.1) is 0 Å². The first-order chi connectivity index (χ1) is 12.2. The molecule has 4 heteroatoms. The zero-order valence-electron chi connectivity index (χ0n) is 15.3. The Morgan fingerprint density at radius 2 is 2.04 bits per heavy atom. The van der Waals surface area contributed by atoms with Crippen LogP contribution >= 0.6 is 0 Å². The largest absolute Gasteiger partial charge is 0.383 e. The van der Waals surface area contributed by atoms with Crippen LogP contribution in [0.25, 0.3) is 0 Å². The number of nitrogens with zero attached hydrogens (tertiary/aromatic N) is 3. The van der Waals surface area contributed by atoms with E-state index in [0.717, 1.165) is 18.7 Å². The van der Waals surface area contributed by atoms with Gasteiger partial charge in [-0.3, -0.25) is 4.90 Å². The molecular weight excluding hydrogens is 308 g/mol. The van der Waals surface area contributed by atoms with Crippen LogP contribution < -0.4 is 5.73 Å². The van der Waals surface area contributed by atoms with Gasteiger partial charge in [0.25, 0.3) is 0 Å². The molecule has 1 atom stereocenters. The van der Waals surface area contributed by atoms with Gasteiger partial charge >= 0.3 is 0 Å². The molecule has 0 spiro atoms. The number of hydrogen-bond acceptors (Lipinski definition) is 4. The van der Waals surface area contributed by atoms with E-state index in [4.69, 9.17) is 5.73 Å². The lowest BCUT2D eigenvalue weighted by Gasteiger charge is -2.37. The molecule has 0 amide bonds. The summed E-state index contributed by atoms with van der Waals surface area (Å²) in [6.45, 7) is 4.45. The van der Waals surface area contributed by atoms with E-state index in [0.29, 0.717) is 11.9 Å². The van der Waals surface area contributed by atoms with Crippen molar-refractivity contribution >= 4 is 5.82 Å². The Hall–Kier alpha value is -1.91. The average Bonchev–Trinajstić information content (AvgIpc) is 2.65. The highest BCUT2D eigenvalue weighted by molar-refractivity contribution is 5.38.